The Bertz CT molecular complexity index is 1140. The fourth-order valence-electron chi connectivity index (χ4n) is 5.22. The third kappa shape index (κ3) is 4.14. The summed E-state index contributed by atoms with van der Waals surface area (Å²) >= 11 is 6.54. The minimum Gasteiger partial charge on any atom is -0.353 e. The van der Waals surface area contributed by atoms with Gasteiger partial charge in [-0.25, -0.2) is 4.99 Å². The lowest BCUT2D eigenvalue weighted by atomic mass is 10.0. The molecule has 1 aliphatic heterocycles. The van der Waals surface area contributed by atoms with Crippen molar-refractivity contribution in [3.05, 3.63) is 81.5 Å². The third-order valence-electron chi connectivity index (χ3n) is 7.14. The van der Waals surface area contributed by atoms with E-state index in [0.29, 0.717) is 5.92 Å². The van der Waals surface area contributed by atoms with Crippen LogP contribution in [0.3, 0.4) is 0 Å². The van der Waals surface area contributed by atoms with Gasteiger partial charge in [-0.15, -0.1) is 24.0 Å². The molecule has 32 heavy (non-hydrogen) atoms. The molecule has 0 radical (unpaired) electrons. The Hall–Kier alpha value is -2.08. The molecule has 2 atom stereocenters. The highest BCUT2D eigenvalue weighted by Gasteiger charge is 2.58. The van der Waals surface area contributed by atoms with E-state index in [1.807, 2.05) is 29.5 Å². The first-order valence-corrected chi connectivity index (χ1v) is 12.7. The smallest absolute Gasteiger partial charge is 0.137 e. The van der Waals surface area contributed by atoms with Gasteiger partial charge in [-0.05, 0) is 63.4 Å². The minimum absolute atomic E-state index is 0.244. The van der Waals surface area contributed by atoms with Crippen molar-refractivity contribution < 1.29 is 0 Å². The number of rotatable bonds is 4. The van der Waals surface area contributed by atoms with Crippen molar-refractivity contribution in [1.29, 1.82) is 0 Å². The molecular formula is C27H31N3S2. The number of hydrogen-bond acceptors (Lipinski definition) is 4. The Labute approximate surface area is 201 Å². The summed E-state index contributed by atoms with van der Waals surface area (Å²) in [4.78, 5) is 13.9. The van der Waals surface area contributed by atoms with Crippen molar-refractivity contribution in [3.63, 3.8) is 0 Å². The van der Waals surface area contributed by atoms with Crippen LogP contribution in [0.2, 0.25) is 0 Å². The Balaban J connectivity index is 1.47. The minimum atomic E-state index is 0.244. The fraction of sp³-hybridized carbons (Fsp3) is 0.370. The monoisotopic (exact) mass is 461 g/mol. The fourth-order valence-corrected chi connectivity index (χ4v) is 6.35. The molecule has 3 aromatic rings. The first kappa shape index (κ1) is 21.7. The molecule has 0 bridgehead atoms. The lowest BCUT2D eigenvalue weighted by Crippen LogP contribution is -2.56. The predicted octanol–water partition coefficient (Wildman–Crippen LogP) is 5.98. The first-order valence-electron chi connectivity index (χ1n) is 11.4. The molecule has 1 saturated carbocycles. The van der Waals surface area contributed by atoms with E-state index in [2.05, 4.69) is 85.8 Å². The van der Waals surface area contributed by atoms with Crippen molar-refractivity contribution >= 4 is 35.5 Å². The van der Waals surface area contributed by atoms with Crippen LogP contribution >= 0.6 is 24.0 Å². The lowest BCUT2D eigenvalue weighted by molar-refractivity contribution is 0.111. The van der Waals surface area contributed by atoms with Crippen molar-refractivity contribution in [2.45, 2.75) is 37.1 Å². The molecule has 2 aromatic carbocycles. The molecule has 0 N–H and O–H groups in total. The van der Waals surface area contributed by atoms with Gasteiger partial charge in [-0.1, -0.05) is 42.5 Å². The van der Waals surface area contributed by atoms with Gasteiger partial charge in [0.15, 0.2) is 0 Å². The maximum absolute atomic E-state index is 5.21. The SMILES string of the molecule is Cc1cc(C(=Nc2ccccc2S)N2CCN(C)C3(CC3Cc3ccccc3)C2)c(C)s1. The van der Waals surface area contributed by atoms with Crippen LogP contribution in [0, 0.1) is 19.8 Å². The normalized spacial score (nSPS) is 23.7. The first-order chi connectivity index (χ1) is 15.5. The van der Waals surface area contributed by atoms with Crippen LogP contribution in [0.25, 0.3) is 0 Å². The van der Waals surface area contributed by atoms with Crippen LogP contribution < -0.4 is 0 Å². The number of likely N-dealkylation sites (N-methyl/N-ethyl adjacent to an activating group) is 1. The Morgan fingerprint density at radius 3 is 2.56 bits per heavy atom. The maximum Gasteiger partial charge on any atom is 0.137 e. The highest BCUT2D eigenvalue weighted by Crippen LogP contribution is 2.51. The summed E-state index contributed by atoms with van der Waals surface area (Å²) < 4.78 is 0. The number of thiol groups is 1. The standard InChI is InChI=1S/C27H31N3S2/c1-19-15-23(20(2)32-19)26(28-24-11-7-8-12-25(24)31)30-14-13-29(3)27(18-30)17-22(27)16-21-9-5-4-6-10-21/h4-12,15,22,31H,13-14,16-18H2,1-3H3. The summed E-state index contributed by atoms with van der Waals surface area (Å²) in [5.41, 5.74) is 3.90. The van der Waals surface area contributed by atoms with Crippen LogP contribution in [-0.2, 0) is 6.42 Å². The lowest BCUT2D eigenvalue weighted by Gasteiger charge is -2.42. The molecule has 2 unspecified atom stereocenters. The average molecular weight is 462 g/mol. The second-order valence-electron chi connectivity index (χ2n) is 9.29. The van der Waals surface area contributed by atoms with E-state index in [4.69, 9.17) is 4.99 Å². The van der Waals surface area contributed by atoms with E-state index in [0.717, 1.165) is 42.5 Å². The van der Waals surface area contributed by atoms with E-state index in [-0.39, 0.29) is 5.54 Å². The zero-order chi connectivity index (χ0) is 22.3. The van der Waals surface area contributed by atoms with Crippen molar-refractivity contribution in [2.75, 3.05) is 26.7 Å². The number of aryl methyl sites for hydroxylation is 2. The van der Waals surface area contributed by atoms with Gasteiger partial charge < -0.3 is 4.90 Å². The van der Waals surface area contributed by atoms with E-state index < -0.39 is 0 Å². The van der Waals surface area contributed by atoms with Crippen LogP contribution in [0.5, 0.6) is 0 Å². The molecule has 5 heteroatoms. The highest BCUT2D eigenvalue weighted by molar-refractivity contribution is 7.80. The molecule has 2 fully saturated rings. The van der Waals surface area contributed by atoms with Gasteiger partial charge in [0.05, 0.1) is 5.69 Å². The maximum atomic E-state index is 5.21. The number of piperazine rings is 1. The summed E-state index contributed by atoms with van der Waals surface area (Å²) in [6.45, 7) is 7.50. The van der Waals surface area contributed by atoms with E-state index in [9.17, 15) is 0 Å². The van der Waals surface area contributed by atoms with Gasteiger partial charge in [-0.3, -0.25) is 4.90 Å². The van der Waals surface area contributed by atoms with Crippen molar-refractivity contribution in [1.82, 2.24) is 9.80 Å². The number of para-hydroxylation sites is 1. The zero-order valence-electron chi connectivity index (χ0n) is 19.1. The summed E-state index contributed by atoms with van der Waals surface area (Å²) in [6.07, 6.45) is 2.41. The van der Waals surface area contributed by atoms with Gasteiger partial charge in [0, 0.05) is 45.4 Å². The van der Waals surface area contributed by atoms with Gasteiger partial charge in [0.1, 0.15) is 5.84 Å². The van der Waals surface area contributed by atoms with E-state index in [1.165, 1.54) is 27.3 Å². The van der Waals surface area contributed by atoms with E-state index in [1.54, 1.807) is 0 Å². The molecule has 1 saturated heterocycles. The highest BCUT2D eigenvalue weighted by atomic mass is 32.1. The Morgan fingerprint density at radius 2 is 1.84 bits per heavy atom. The van der Waals surface area contributed by atoms with Crippen LogP contribution in [0.4, 0.5) is 5.69 Å². The number of hydrogen-bond donors (Lipinski definition) is 1. The van der Waals surface area contributed by atoms with Crippen LogP contribution in [-0.4, -0.2) is 47.9 Å². The largest absolute Gasteiger partial charge is 0.353 e. The topological polar surface area (TPSA) is 18.8 Å². The van der Waals surface area contributed by atoms with Crippen LogP contribution in [0.15, 0.2) is 70.6 Å². The van der Waals surface area contributed by atoms with Crippen LogP contribution in [0.1, 0.15) is 27.3 Å². The van der Waals surface area contributed by atoms with Gasteiger partial charge >= 0.3 is 0 Å². The number of amidine groups is 1. The molecule has 1 aliphatic carbocycles. The number of thiophene rings is 1. The van der Waals surface area contributed by atoms with Crippen molar-refractivity contribution in [3.8, 4) is 0 Å². The summed E-state index contributed by atoms with van der Waals surface area (Å²) in [5.74, 6) is 1.80. The molecule has 1 spiro atoms. The quantitative estimate of drug-likeness (QED) is 0.293. The molecule has 2 aliphatic rings. The Morgan fingerprint density at radius 1 is 1.09 bits per heavy atom. The second kappa shape index (κ2) is 8.69. The second-order valence-corrected chi connectivity index (χ2v) is 11.2. The van der Waals surface area contributed by atoms with Crippen molar-refractivity contribution in [2.24, 2.45) is 10.9 Å². The molecule has 5 rings (SSSR count). The van der Waals surface area contributed by atoms with Gasteiger partial charge in [0.2, 0.25) is 0 Å². The molecular weight excluding hydrogens is 430 g/mol. The molecule has 1 aromatic heterocycles. The predicted molar refractivity (Wildman–Crippen MR) is 139 cm³/mol. The molecule has 2 heterocycles. The molecule has 166 valence electrons. The average Bonchev–Trinajstić information content (AvgIpc) is 3.34. The van der Waals surface area contributed by atoms with E-state index >= 15 is 0 Å². The molecule has 3 nitrogen and oxygen atoms in total. The van der Waals surface area contributed by atoms with Gasteiger partial charge in [0.25, 0.3) is 0 Å². The summed E-state index contributed by atoms with van der Waals surface area (Å²) in [7, 11) is 2.31. The molecule has 0 amide bonds. The third-order valence-corrected chi connectivity index (χ3v) is 8.49. The Kier molecular flexibility index (Phi) is 5.91. The summed E-state index contributed by atoms with van der Waals surface area (Å²) in [5, 5.41) is 0. The number of benzene rings is 2. The zero-order valence-corrected chi connectivity index (χ0v) is 20.8. The van der Waals surface area contributed by atoms with Gasteiger partial charge in [-0.2, -0.15) is 0 Å². The number of nitrogens with zero attached hydrogens (tertiary/aromatic N) is 3. The number of aliphatic imine (C=N–C) groups is 1. The summed E-state index contributed by atoms with van der Waals surface area (Å²) in [6, 6.07) is 21.4.